The van der Waals surface area contributed by atoms with E-state index in [0.29, 0.717) is 23.5 Å². The van der Waals surface area contributed by atoms with Crippen molar-refractivity contribution in [3.05, 3.63) is 35.2 Å². The van der Waals surface area contributed by atoms with Crippen molar-refractivity contribution >= 4 is 23.3 Å². The molecule has 0 aliphatic rings. The van der Waals surface area contributed by atoms with E-state index in [1.165, 1.54) is 0 Å². The van der Waals surface area contributed by atoms with E-state index in [1.807, 2.05) is 18.2 Å². The Labute approximate surface area is 117 Å². The molecule has 0 saturated heterocycles. The zero-order chi connectivity index (χ0) is 13.9. The summed E-state index contributed by atoms with van der Waals surface area (Å²) in [6, 6.07) is 7.72. The monoisotopic (exact) mass is 280 g/mol. The summed E-state index contributed by atoms with van der Waals surface area (Å²) in [6.07, 6.45) is 0. The lowest BCUT2D eigenvalue weighted by molar-refractivity contribution is 0.384. The molecular weight excluding hydrogens is 264 g/mol. The van der Waals surface area contributed by atoms with Gasteiger partial charge in [-0.05, 0) is 32.9 Å². The standard InChI is InChI=1S/C13H17ClN4O/c1-13(2,3)15-8-11-17-18-12(19-11)16-10-7-5-4-6-9(10)14/h4-7,15H,8H2,1-3H3,(H,16,18). The Morgan fingerprint density at radius 1 is 1.21 bits per heavy atom. The molecule has 1 heterocycles. The average molecular weight is 281 g/mol. The van der Waals surface area contributed by atoms with Crippen LogP contribution in [0.2, 0.25) is 5.02 Å². The van der Waals surface area contributed by atoms with Gasteiger partial charge >= 0.3 is 6.01 Å². The molecule has 0 saturated carbocycles. The second kappa shape index (κ2) is 5.59. The van der Waals surface area contributed by atoms with E-state index in [0.717, 1.165) is 5.69 Å². The van der Waals surface area contributed by atoms with E-state index in [9.17, 15) is 0 Å². The molecule has 0 aliphatic carbocycles. The molecule has 1 aromatic carbocycles. The summed E-state index contributed by atoms with van der Waals surface area (Å²) in [5, 5.41) is 14.8. The number of halogens is 1. The normalized spacial score (nSPS) is 11.6. The molecule has 2 aromatic rings. The molecular formula is C13H17ClN4O. The molecule has 0 fully saturated rings. The van der Waals surface area contributed by atoms with Gasteiger partial charge in [0, 0.05) is 5.54 Å². The third-order valence-corrected chi connectivity index (χ3v) is 2.68. The molecule has 5 nitrogen and oxygen atoms in total. The van der Waals surface area contributed by atoms with Gasteiger partial charge < -0.3 is 15.1 Å². The fourth-order valence-electron chi connectivity index (χ4n) is 1.39. The van der Waals surface area contributed by atoms with Gasteiger partial charge in [-0.15, -0.1) is 5.10 Å². The third-order valence-electron chi connectivity index (χ3n) is 2.35. The summed E-state index contributed by atoms with van der Waals surface area (Å²) >= 11 is 6.04. The van der Waals surface area contributed by atoms with Crippen LogP contribution in [0, 0.1) is 0 Å². The average Bonchev–Trinajstić information content (AvgIpc) is 2.77. The van der Waals surface area contributed by atoms with Gasteiger partial charge in [-0.3, -0.25) is 0 Å². The van der Waals surface area contributed by atoms with E-state index in [-0.39, 0.29) is 5.54 Å². The van der Waals surface area contributed by atoms with Crippen LogP contribution < -0.4 is 10.6 Å². The Hall–Kier alpha value is -1.59. The van der Waals surface area contributed by atoms with Crippen molar-refractivity contribution in [3.8, 4) is 0 Å². The summed E-state index contributed by atoms with van der Waals surface area (Å²) in [7, 11) is 0. The summed E-state index contributed by atoms with van der Waals surface area (Å²) < 4.78 is 5.48. The van der Waals surface area contributed by atoms with Crippen molar-refractivity contribution in [1.29, 1.82) is 0 Å². The largest absolute Gasteiger partial charge is 0.406 e. The summed E-state index contributed by atoms with van der Waals surface area (Å²) in [5.74, 6) is 0.532. The minimum absolute atomic E-state index is 0.00476. The molecule has 0 spiro atoms. The highest BCUT2D eigenvalue weighted by Gasteiger charge is 2.12. The maximum Gasteiger partial charge on any atom is 0.320 e. The number of nitrogens with one attached hydrogen (secondary N) is 2. The lowest BCUT2D eigenvalue weighted by atomic mass is 10.1. The number of benzene rings is 1. The van der Waals surface area contributed by atoms with Gasteiger partial charge in [-0.25, -0.2) is 0 Å². The van der Waals surface area contributed by atoms with Crippen molar-refractivity contribution in [3.63, 3.8) is 0 Å². The van der Waals surface area contributed by atoms with Crippen LogP contribution in [0.15, 0.2) is 28.7 Å². The molecule has 1 aromatic heterocycles. The van der Waals surface area contributed by atoms with Gasteiger partial charge in [0.2, 0.25) is 5.89 Å². The Morgan fingerprint density at radius 2 is 1.95 bits per heavy atom. The van der Waals surface area contributed by atoms with E-state index in [1.54, 1.807) is 6.07 Å². The van der Waals surface area contributed by atoms with Crippen molar-refractivity contribution in [2.75, 3.05) is 5.32 Å². The minimum atomic E-state index is 0.00476. The van der Waals surface area contributed by atoms with E-state index >= 15 is 0 Å². The van der Waals surface area contributed by atoms with Gasteiger partial charge in [-0.2, -0.15) is 0 Å². The SMILES string of the molecule is CC(C)(C)NCc1nnc(Nc2ccccc2Cl)o1. The molecule has 2 rings (SSSR count). The molecule has 6 heteroatoms. The summed E-state index contributed by atoms with van der Waals surface area (Å²) in [4.78, 5) is 0. The lowest BCUT2D eigenvalue weighted by Gasteiger charge is -2.18. The molecule has 0 bridgehead atoms. The highest BCUT2D eigenvalue weighted by molar-refractivity contribution is 6.33. The van der Waals surface area contributed by atoms with Gasteiger partial charge in [0.1, 0.15) is 0 Å². The van der Waals surface area contributed by atoms with Crippen molar-refractivity contribution in [2.45, 2.75) is 32.9 Å². The van der Waals surface area contributed by atoms with Crippen LogP contribution in [-0.4, -0.2) is 15.7 Å². The predicted octanol–water partition coefficient (Wildman–Crippen LogP) is 3.35. The second-order valence-corrected chi connectivity index (χ2v) is 5.62. The Bertz CT molecular complexity index is 548. The third kappa shape index (κ3) is 4.22. The van der Waals surface area contributed by atoms with Crippen molar-refractivity contribution in [1.82, 2.24) is 15.5 Å². The van der Waals surface area contributed by atoms with Crippen LogP contribution in [-0.2, 0) is 6.54 Å². The minimum Gasteiger partial charge on any atom is -0.406 e. The number of hydrogen-bond donors (Lipinski definition) is 2. The Morgan fingerprint density at radius 3 is 2.63 bits per heavy atom. The topological polar surface area (TPSA) is 63.0 Å². The smallest absolute Gasteiger partial charge is 0.320 e. The summed E-state index contributed by atoms with van der Waals surface area (Å²) in [6.45, 7) is 6.76. The van der Waals surface area contributed by atoms with Crippen LogP contribution in [0.5, 0.6) is 0 Å². The van der Waals surface area contributed by atoms with Crippen LogP contribution in [0.1, 0.15) is 26.7 Å². The van der Waals surface area contributed by atoms with Crippen LogP contribution in [0.3, 0.4) is 0 Å². The quantitative estimate of drug-likeness (QED) is 0.899. The van der Waals surface area contributed by atoms with Gasteiger partial charge in [0.25, 0.3) is 0 Å². The molecule has 19 heavy (non-hydrogen) atoms. The van der Waals surface area contributed by atoms with Crippen LogP contribution >= 0.6 is 11.6 Å². The lowest BCUT2D eigenvalue weighted by Crippen LogP contribution is -2.35. The first-order valence-electron chi connectivity index (χ1n) is 6.03. The number of nitrogens with zero attached hydrogens (tertiary/aromatic N) is 2. The van der Waals surface area contributed by atoms with E-state index < -0.39 is 0 Å². The Kier molecular flexibility index (Phi) is 4.07. The molecule has 0 unspecified atom stereocenters. The molecule has 2 N–H and O–H groups in total. The fraction of sp³-hybridized carbons (Fsp3) is 0.385. The predicted molar refractivity (Wildman–Crippen MR) is 75.6 cm³/mol. The van der Waals surface area contributed by atoms with E-state index in [2.05, 4.69) is 41.6 Å². The van der Waals surface area contributed by atoms with Crippen molar-refractivity contribution in [2.24, 2.45) is 0 Å². The van der Waals surface area contributed by atoms with Gasteiger partial charge in [0.15, 0.2) is 0 Å². The van der Waals surface area contributed by atoms with Crippen LogP contribution in [0.4, 0.5) is 11.7 Å². The van der Waals surface area contributed by atoms with Gasteiger partial charge in [-0.1, -0.05) is 28.8 Å². The second-order valence-electron chi connectivity index (χ2n) is 5.21. The maximum absolute atomic E-state index is 6.04. The zero-order valence-electron chi connectivity index (χ0n) is 11.2. The molecule has 0 aliphatic heterocycles. The molecule has 0 amide bonds. The first-order chi connectivity index (χ1) is 8.94. The first-order valence-corrected chi connectivity index (χ1v) is 6.41. The first kappa shape index (κ1) is 13.8. The molecule has 102 valence electrons. The van der Waals surface area contributed by atoms with Gasteiger partial charge in [0.05, 0.1) is 17.3 Å². The summed E-state index contributed by atoms with van der Waals surface area (Å²) in [5.41, 5.74) is 0.744. The number of para-hydroxylation sites is 1. The molecule has 0 atom stereocenters. The highest BCUT2D eigenvalue weighted by Crippen LogP contribution is 2.24. The Balaban J connectivity index is 2.00. The number of anilines is 2. The number of aromatic nitrogens is 2. The van der Waals surface area contributed by atoms with E-state index in [4.69, 9.17) is 16.0 Å². The van der Waals surface area contributed by atoms with Crippen molar-refractivity contribution < 1.29 is 4.42 Å². The maximum atomic E-state index is 6.04. The highest BCUT2D eigenvalue weighted by atomic mass is 35.5. The number of rotatable bonds is 4. The molecule has 0 radical (unpaired) electrons. The fourth-order valence-corrected chi connectivity index (χ4v) is 1.58. The number of hydrogen-bond acceptors (Lipinski definition) is 5. The zero-order valence-corrected chi connectivity index (χ0v) is 12.0. The van der Waals surface area contributed by atoms with Crippen LogP contribution in [0.25, 0.3) is 0 Å².